The molecule has 0 bridgehead atoms. The van der Waals surface area contributed by atoms with Gasteiger partial charge in [0.1, 0.15) is 4.90 Å². The van der Waals surface area contributed by atoms with Crippen LogP contribution in [0, 0.1) is 10.5 Å². The molecular formula is C22H18Cl2INO4S. The quantitative estimate of drug-likeness (QED) is 0.172. The van der Waals surface area contributed by atoms with Crippen molar-refractivity contribution >= 4 is 67.8 Å². The highest BCUT2D eigenvalue weighted by Gasteiger charge is 2.22. The van der Waals surface area contributed by atoms with Crippen molar-refractivity contribution in [3.8, 4) is 11.5 Å². The Morgan fingerprint density at radius 1 is 1.03 bits per heavy atom. The second-order valence-corrected chi connectivity index (χ2v) is 10.0. The third-order valence-electron chi connectivity index (χ3n) is 4.15. The molecule has 0 aliphatic heterocycles. The van der Waals surface area contributed by atoms with Gasteiger partial charge >= 0.3 is 10.1 Å². The number of aryl methyl sites for hydroxylation is 1. The highest BCUT2D eigenvalue weighted by Crippen LogP contribution is 2.36. The third kappa shape index (κ3) is 6.12. The smallest absolute Gasteiger partial charge is 0.339 e. The molecule has 3 aromatic carbocycles. The molecule has 5 nitrogen and oxygen atoms in total. The lowest BCUT2D eigenvalue weighted by molar-refractivity contribution is 0.327. The highest BCUT2D eigenvalue weighted by atomic mass is 127. The molecule has 0 saturated heterocycles. The molecule has 0 heterocycles. The van der Waals surface area contributed by atoms with Crippen LogP contribution in [0.15, 0.2) is 64.5 Å². The first kappa shape index (κ1) is 23.8. The van der Waals surface area contributed by atoms with Crippen molar-refractivity contribution in [1.82, 2.24) is 0 Å². The van der Waals surface area contributed by atoms with E-state index in [9.17, 15) is 8.42 Å². The van der Waals surface area contributed by atoms with Gasteiger partial charge in [0.25, 0.3) is 0 Å². The van der Waals surface area contributed by atoms with E-state index in [-0.39, 0.29) is 10.6 Å². The zero-order valence-electron chi connectivity index (χ0n) is 16.6. The van der Waals surface area contributed by atoms with Gasteiger partial charge in [0.15, 0.2) is 11.5 Å². The van der Waals surface area contributed by atoms with E-state index in [1.807, 2.05) is 35.6 Å². The molecule has 0 spiro atoms. The van der Waals surface area contributed by atoms with Gasteiger partial charge in [-0.15, -0.1) is 0 Å². The van der Waals surface area contributed by atoms with Gasteiger partial charge in [-0.3, -0.25) is 4.99 Å². The topological polar surface area (TPSA) is 65.0 Å². The molecule has 3 rings (SSSR count). The predicted molar refractivity (Wildman–Crippen MR) is 133 cm³/mol. The lowest BCUT2D eigenvalue weighted by Gasteiger charge is -2.14. The van der Waals surface area contributed by atoms with Crippen LogP contribution in [0.25, 0.3) is 0 Å². The molecule has 0 N–H and O–H groups in total. The minimum atomic E-state index is -4.06. The van der Waals surface area contributed by atoms with Gasteiger partial charge < -0.3 is 8.92 Å². The van der Waals surface area contributed by atoms with Gasteiger partial charge in [0.2, 0.25) is 0 Å². The van der Waals surface area contributed by atoms with Crippen LogP contribution >= 0.6 is 45.8 Å². The van der Waals surface area contributed by atoms with Crippen molar-refractivity contribution in [2.75, 3.05) is 6.61 Å². The Bertz CT molecular complexity index is 1230. The SMILES string of the molecule is CCOc1cc(C=Nc2cc(Cl)ccc2C)cc(I)c1OS(=O)(=O)c1ccc(Cl)cc1. The first-order valence-electron chi connectivity index (χ1n) is 9.16. The molecule has 162 valence electrons. The van der Waals surface area contributed by atoms with E-state index in [0.29, 0.717) is 26.0 Å². The van der Waals surface area contributed by atoms with E-state index < -0.39 is 10.1 Å². The van der Waals surface area contributed by atoms with Gasteiger partial charge in [-0.05, 0) is 96.1 Å². The molecule has 9 heteroatoms. The summed E-state index contributed by atoms with van der Waals surface area (Å²) in [6, 6.07) is 14.7. The van der Waals surface area contributed by atoms with Crippen molar-refractivity contribution in [1.29, 1.82) is 0 Å². The standard InChI is InChI=1S/C22H18Cl2INO4S/c1-3-29-21-11-15(13-26-20-12-17(24)5-4-14(20)2)10-19(25)22(21)30-31(27,28)18-8-6-16(23)7-9-18/h4-13H,3H2,1-2H3. The van der Waals surface area contributed by atoms with Crippen molar-refractivity contribution in [2.24, 2.45) is 4.99 Å². The Kier molecular flexibility index (Phi) is 7.85. The fourth-order valence-corrected chi connectivity index (χ4v) is 4.77. The summed E-state index contributed by atoms with van der Waals surface area (Å²) in [5.41, 5.74) is 2.45. The molecule has 0 aliphatic carbocycles. The third-order valence-corrected chi connectivity index (χ3v) is 6.67. The van der Waals surface area contributed by atoms with E-state index in [2.05, 4.69) is 4.99 Å². The molecular weight excluding hydrogens is 572 g/mol. The first-order valence-corrected chi connectivity index (χ1v) is 12.4. The van der Waals surface area contributed by atoms with Crippen LogP contribution < -0.4 is 8.92 Å². The van der Waals surface area contributed by atoms with Gasteiger partial charge in [0.05, 0.1) is 15.9 Å². The van der Waals surface area contributed by atoms with E-state index in [1.165, 1.54) is 24.3 Å². The maximum atomic E-state index is 12.7. The van der Waals surface area contributed by atoms with Gasteiger partial charge in [0, 0.05) is 16.3 Å². The number of hydrogen-bond acceptors (Lipinski definition) is 5. The van der Waals surface area contributed by atoms with Crippen molar-refractivity contribution in [3.63, 3.8) is 0 Å². The molecule has 0 aromatic heterocycles. The average molecular weight is 590 g/mol. The van der Waals surface area contributed by atoms with E-state index in [4.69, 9.17) is 32.1 Å². The number of nitrogens with zero attached hydrogens (tertiary/aromatic N) is 1. The van der Waals surface area contributed by atoms with Crippen LogP contribution in [-0.2, 0) is 10.1 Å². The second kappa shape index (κ2) is 10.2. The average Bonchev–Trinajstić information content (AvgIpc) is 2.71. The monoisotopic (exact) mass is 589 g/mol. The zero-order chi connectivity index (χ0) is 22.6. The minimum absolute atomic E-state index is 0.00257. The van der Waals surface area contributed by atoms with Gasteiger partial charge in [-0.25, -0.2) is 0 Å². The summed E-state index contributed by atoms with van der Waals surface area (Å²) in [4.78, 5) is 4.50. The van der Waals surface area contributed by atoms with E-state index in [1.54, 1.807) is 37.4 Å². The number of benzene rings is 3. The van der Waals surface area contributed by atoms with Gasteiger partial charge in [-0.2, -0.15) is 8.42 Å². The fraction of sp³-hybridized carbons (Fsp3) is 0.136. The molecule has 0 saturated carbocycles. The first-order chi connectivity index (χ1) is 14.7. The second-order valence-electron chi connectivity index (χ2n) is 6.44. The Morgan fingerprint density at radius 3 is 2.39 bits per heavy atom. The zero-order valence-corrected chi connectivity index (χ0v) is 21.1. The van der Waals surface area contributed by atoms with E-state index >= 15 is 0 Å². The Balaban J connectivity index is 1.96. The minimum Gasteiger partial charge on any atom is -0.490 e. The van der Waals surface area contributed by atoms with Crippen molar-refractivity contribution in [2.45, 2.75) is 18.7 Å². The summed E-state index contributed by atoms with van der Waals surface area (Å²) in [6.07, 6.45) is 1.67. The summed E-state index contributed by atoms with van der Waals surface area (Å²) in [5.74, 6) is 0.421. The lowest BCUT2D eigenvalue weighted by atomic mass is 10.2. The normalized spacial score (nSPS) is 11.6. The lowest BCUT2D eigenvalue weighted by Crippen LogP contribution is -2.12. The summed E-state index contributed by atoms with van der Waals surface area (Å²) in [5, 5.41) is 1.03. The maximum absolute atomic E-state index is 12.7. The molecule has 0 fully saturated rings. The Morgan fingerprint density at radius 2 is 1.71 bits per heavy atom. The predicted octanol–water partition coefficient (Wildman–Crippen LogP) is 6.82. The molecule has 31 heavy (non-hydrogen) atoms. The van der Waals surface area contributed by atoms with Crippen LogP contribution in [0.2, 0.25) is 10.0 Å². The summed E-state index contributed by atoms with van der Waals surface area (Å²) >= 11 is 13.9. The van der Waals surface area contributed by atoms with Crippen LogP contribution in [0.5, 0.6) is 11.5 Å². The number of aliphatic imine (C=N–C) groups is 1. The van der Waals surface area contributed by atoms with Crippen molar-refractivity contribution < 1.29 is 17.3 Å². The van der Waals surface area contributed by atoms with Crippen LogP contribution in [0.3, 0.4) is 0 Å². The number of halogens is 3. The molecule has 3 aromatic rings. The molecule has 0 amide bonds. The molecule has 0 unspecified atom stereocenters. The molecule has 0 aliphatic rings. The van der Waals surface area contributed by atoms with E-state index in [0.717, 1.165) is 16.8 Å². The number of hydrogen-bond donors (Lipinski definition) is 0. The fourth-order valence-electron chi connectivity index (χ4n) is 2.63. The largest absolute Gasteiger partial charge is 0.490 e. The molecule has 0 atom stereocenters. The summed E-state index contributed by atoms with van der Waals surface area (Å²) < 4.78 is 37.1. The van der Waals surface area contributed by atoms with Crippen LogP contribution in [-0.4, -0.2) is 21.2 Å². The maximum Gasteiger partial charge on any atom is 0.339 e. The highest BCUT2D eigenvalue weighted by molar-refractivity contribution is 14.1. The summed E-state index contributed by atoms with van der Waals surface area (Å²) in [6.45, 7) is 4.08. The van der Waals surface area contributed by atoms with Crippen LogP contribution in [0.1, 0.15) is 18.1 Å². The number of ether oxygens (including phenoxy) is 1. The Labute approximate surface area is 205 Å². The summed E-state index contributed by atoms with van der Waals surface area (Å²) in [7, 11) is -4.06. The van der Waals surface area contributed by atoms with Gasteiger partial charge in [-0.1, -0.05) is 29.3 Å². The van der Waals surface area contributed by atoms with Crippen LogP contribution in [0.4, 0.5) is 5.69 Å². The van der Waals surface area contributed by atoms with Crippen molar-refractivity contribution in [3.05, 3.63) is 79.3 Å². The number of rotatable bonds is 7. The Hall–Kier alpha value is -1.81. The molecule has 0 radical (unpaired) electrons.